The zero-order valence-electron chi connectivity index (χ0n) is 21.2. The van der Waals surface area contributed by atoms with Gasteiger partial charge >= 0.3 is 0 Å². The fraction of sp³-hybridized carbons (Fsp3) is 0.393. The van der Waals surface area contributed by atoms with Crippen LogP contribution in [0.4, 0.5) is 5.69 Å². The molecule has 0 radical (unpaired) electrons. The Kier molecular flexibility index (Phi) is 10.2. The average molecular weight is 506 g/mol. The first-order valence-corrected chi connectivity index (χ1v) is 12.5. The molecule has 3 amide bonds. The third-order valence-corrected chi connectivity index (χ3v) is 6.87. The van der Waals surface area contributed by atoms with Crippen molar-refractivity contribution in [2.75, 3.05) is 18.4 Å². The second kappa shape index (κ2) is 13.6. The highest BCUT2D eigenvalue weighted by atomic mass is 16.5. The molecule has 0 heterocycles. The molecule has 1 saturated carbocycles. The minimum atomic E-state index is -1.04. The Morgan fingerprint density at radius 3 is 2.22 bits per heavy atom. The van der Waals surface area contributed by atoms with Gasteiger partial charge in [0.05, 0.1) is 6.54 Å². The van der Waals surface area contributed by atoms with E-state index < -0.39 is 17.9 Å². The molecule has 2 aromatic carbocycles. The second-order valence-electron chi connectivity index (χ2n) is 9.45. The molecule has 196 valence electrons. The van der Waals surface area contributed by atoms with Crippen LogP contribution in [0.5, 0.6) is 0 Å². The average Bonchev–Trinajstić information content (AvgIpc) is 2.91. The van der Waals surface area contributed by atoms with E-state index in [0.717, 1.165) is 12.0 Å². The molecule has 37 heavy (non-hydrogen) atoms. The fourth-order valence-electron chi connectivity index (χ4n) is 4.34. The van der Waals surface area contributed by atoms with E-state index in [1.54, 1.807) is 24.3 Å². The van der Waals surface area contributed by atoms with Crippen LogP contribution in [0.2, 0.25) is 0 Å². The van der Waals surface area contributed by atoms with Gasteiger partial charge < -0.3 is 21.7 Å². The van der Waals surface area contributed by atoms with Crippen LogP contribution in [0.15, 0.2) is 48.5 Å². The highest BCUT2D eigenvalue weighted by molar-refractivity contribution is 5.97. The van der Waals surface area contributed by atoms with Crippen LogP contribution in [0.25, 0.3) is 0 Å². The van der Waals surface area contributed by atoms with Crippen molar-refractivity contribution >= 4 is 23.4 Å². The molecule has 9 nitrogen and oxygen atoms in total. The van der Waals surface area contributed by atoms with Gasteiger partial charge in [0.1, 0.15) is 6.04 Å². The minimum absolute atomic E-state index is 0.0665. The van der Waals surface area contributed by atoms with Crippen LogP contribution in [0.3, 0.4) is 0 Å². The number of carbonyl (C=O) groups excluding carboxylic acids is 3. The Morgan fingerprint density at radius 2 is 1.62 bits per heavy atom. The first kappa shape index (κ1) is 27.9. The molecule has 2 aromatic rings. The summed E-state index contributed by atoms with van der Waals surface area (Å²) in [5, 5.41) is 17.5. The van der Waals surface area contributed by atoms with Gasteiger partial charge in [-0.1, -0.05) is 38.5 Å². The molecule has 0 aliphatic heterocycles. The lowest BCUT2D eigenvalue weighted by Gasteiger charge is -2.34. The molecule has 7 N–H and O–H groups in total. The quantitative estimate of drug-likeness (QED) is 0.184. The third kappa shape index (κ3) is 8.15. The van der Waals surface area contributed by atoms with Crippen LogP contribution < -0.4 is 27.2 Å². The number of nitrogens with one attached hydrogen (secondary N) is 4. The number of carbonyl (C=O) groups is 3. The zero-order chi connectivity index (χ0) is 26.8. The van der Waals surface area contributed by atoms with Crippen LogP contribution in [-0.2, 0) is 9.59 Å². The van der Waals surface area contributed by atoms with E-state index in [-0.39, 0.29) is 12.5 Å². The molecule has 0 saturated heterocycles. The van der Waals surface area contributed by atoms with Gasteiger partial charge in [0.25, 0.3) is 11.8 Å². The van der Waals surface area contributed by atoms with Crippen molar-refractivity contribution in [3.8, 4) is 11.8 Å². The van der Waals surface area contributed by atoms with Crippen molar-refractivity contribution in [3.05, 3.63) is 65.2 Å². The maximum absolute atomic E-state index is 12.4. The largest absolute Gasteiger partial charge is 0.339 e. The Bertz CT molecular complexity index is 1140. The lowest BCUT2D eigenvalue weighted by atomic mass is 9.78. The molecular formula is C28H35N5O4. The predicted molar refractivity (Wildman–Crippen MR) is 142 cm³/mol. The van der Waals surface area contributed by atoms with Gasteiger partial charge in [0.15, 0.2) is 0 Å². The van der Waals surface area contributed by atoms with E-state index in [4.69, 9.17) is 10.9 Å². The van der Waals surface area contributed by atoms with Crippen LogP contribution in [0.1, 0.15) is 54.6 Å². The smallest absolute Gasteiger partial charge is 0.267 e. The maximum Gasteiger partial charge on any atom is 0.267 e. The van der Waals surface area contributed by atoms with E-state index in [0.29, 0.717) is 41.2 Å². The van der Waals surface area contributed by atoms with Crippen molar-refractivity contribution in [3.63, 3.8) is 0 Å². The number of hydrogen-bond acceptors (Lipinski definition) is 6. The van der Waals surface area contributed by atoms with Crippen molar-refractivity contribution < 1.29 is 19.6 Å². The summed E-state index contributed by atoms with van der Waals surface area (Å²) >= 11 is 0. The summed E-state index contributed by atoms with van der Waals surface area (Å²) in [6.45, 7) is 4.67. The number of hydroxylamine groups is 1. The van der Waals surface area contributed by atoms with E-state index in [1.165, 1.54) is 18.3 Å². The Labute approximate surface area is 217 Å². The molecule has 9 heteroatoms. The maximum atomic E-state index is 12.4. The van der Waals surface area contributed by atoms with E-state index >= 15 is 0 Å². The lowest BCUT2D eigenvalue weighted by molar-refractivity contribution is -0.130. The van der Waals surface area contributed by atoms with Gasteiger partial charge in [0, 0.05) is 35.0 Å². The molecule has 1 aliphatic rings. The van der Waals surface area contributed by atoms with Crippen LogP contribution >= 0.6 is 0 Å². The first-order chi connectivity index (χ1) is 17.8. The molecule has 1 aliphatic carbocycles. The molecule has 0 aromatic heterocycles. The van der Waals surface area contributed by atoms with E-state index in [2.05, 4.69) is 41.6 Å². The highest BCUT2D eigenvalue weighted by Gasteiger charge is 2.27. The molecular weight excluding hydrogens is 470 g/mol. The predicted octanol–water partition coefficient (Wildman–Crippen LogP) is 2.00. The van der Waals surface area contributed by atoms with Gasteiger partial charge in [-0.05, 0) is 66.8 Å². The van der Waals surface area contributed by atoms with E-state index in [9.17, 15) is 14.4 Å². The van der Waals surface area contributed by atoms with E-state index in [1.807, 2.05) is 24.3 Å². The summed E-state index contributed by atoms with van der Waals surface area (Å²) in [5.74, 6) is 5.99. The Balaban J connectivity index is 1.50. The van der Waals surface area contributed by atoms with Crippen LogP contribution in [-0.4, -0.2) is 48.1 Å². The summed E-state index contributed by atoms with van der Waals surface area (Å²) in [6, 6.07) is 13.2. The minimum Gasteiger partial charge on any atom is -0.339 e. The van der Waals surface area contributed by atoms with Gasteiger partial charge in [-0.2, -0.15) is 0 Å². The summed E-state index contributed by atoms with van der Waals surface area (Å²) in [7, 11) is 0. The molecule has 0 bridgehead atoms. The molecule has 0 spiro atoms. The third-order valence-electron chi connectivity index (χ3n) is 6.87. The number of benzene rings is 2. The zero-order valence-corrected chi connectivity index (χ0v) is 21.2. The van der Waals surface area contributed by atoms with Crippen molar-refractivity contribution in [2.24, 2.45) is 17.6 Å². The molecule has 3 unspecified atom stereocenters. The second-order valence-corrected chi connectivity index (χ2v) is 9.45. The number of amides is 3. The number of hydrogen-bond donors (Lipinski definition) is 6. The Hall–Kier alpha value is -3.71. The molecule has 1 fully saturated rings. The summed E-state index contributed by atoms with van der Waals surface area (Å²) in [4.78, 5) is 36.1. The topological polar surface area (TPSA) is 146 Å². The Morgan fingerprint density at radius 1 is 1.00 bits per heavy atom. The summed E-state index contributed by atoms with van der Waals surface area (Å²) in [6.07, 6.45) is 3.57. The van der Waals surface area contributed by atoms with Gasteiger partial charge in [-0.3, -0.25) is 19.6 Å². The lowest BCUT2D eigenvalue weighted by Crippen LogP contribution is -2.50. The monoisotopic (exact) mass is 505 g/mol. The van der Waals surface area contributed by atoms with Crippen molar-refractivity contribution in [1.82, 2.24) is 16.1 Å². The van der Waals surface area contributed by atoms with Gasteiger partial charge in [0.2, 0.25) is 5.91 Å². The standard InChI is InChI=1S/C28H35N5O4/c1-18-4-3-5-24(19(18)2)30-17-26(34)31-23-14-10-21(11-15-23)7-6-20-8-12-22(13-9-20)27(35)32-25(16-29)28(36)33-37/h8-15,18-19,24-25,30,37H,3-5,16-17,29H2,1-2H3,(H,31,34)(H,32,35)(H,33,36)/t18?,19?,24?,25-/m0/s1. The number of rotatable bonds is 8. The normalized spacial score (nSPS) is 19.6. The number of anilines is 1. The first-order valence-electron chi connectivity index (χ1n) is 12.5. The van der Waals surface area contributed by atoms with Gasteiger partial charge in [-0.25, -0.2) is 5.48 Å². The van der Waals surface area contributed by atoms with Crippen molar-refractivity contribution in [2.45, 2.75) is 45.2 Å². The summed E-state index contributed by atoms with van der Waals surface area (Å²) < 4.78 is 0. The summed E-state index contributed by atoms with van der Waals surface area (Å²) in [5.41, 5.74) is 9.45. The van der Waals surface area contributed by atoms with Crippen molar-refractivity contribution in [1.29, 1.82) is 0 Å². The van der Waals surface area contributed by atoms with Gasteiger partial charge in [-0.15, -0.1) is 0 Å². The molecule has 4 atom stereocenters. The molecule has 3 rings (SSSR count). The fourth-order valence-corrected chi connectivity index (χ4v) is 4.34. The van der Waals surface area contributed by atoms with Crippen LogP contribution in [0, 0.1) is 23.7 Å². The highest BCUT2D eigenvalue weighted by Crippen LogP contribution is 2.29. The number of nitrogens with two attached hydrogens (primary N) is 1. The SMILES string of the molecule is CC1CCCC(NCC(=O)Nc2ccc(C#Cc3ccc(C(=O)N[C@@H](CN)C(=O)NO)cc3)cc2)C1C.